The number of aromatic nitrogens is 1. The third kappa shape index (κ3) is 2.71. The van der Waals surface area contributed by atoms with Crippen LogP contribution in [0.15, 0.2) is 9.72 Å². The first-order valence-electron chi connectivity index (χ1n) is 6.12. The van der Waals surface area contributed by atoms with E-state index in [4.69, 9.17) is 5.11 Å². The van der Waals surface area contributed by atoms with E-state index in [0.717, 1.165) is 30.6 Å². The minimum atomic E-state index is -3.84. The molecule has 0 saturated heterocycles. The Hall–Kier alpha value is -1.03. The number of nitrogens with one attached hydrogen (secondary N) is 1. The number of carboxylic acid groups (broad SMARTS) is 1. The molecule has 0 radical (unpaired) electrons. The minimum Gasteiger partial charge on any atom is -0.476 e. The third-order valence-electron chi connectivity index (χ3n) is 3.81. The zero-order valence-electron chi connectivity index (χ0n) is 11.3. The van der Waals surface area contributed by atoms with Gasteiger partial charge in [-0.1, -0.05) is 0 Å². The van der Waals surface area contributed by atoms with Gasteiger partial charge < -0.3 is 10.0 Å². The summed E-state index contributed by atoms with van der Waals surface area (Å²) < 4.78 is 26.7. The number of likely N-dealkylation sites (N-methyl/N-ethyl adjacent to an activating group) is 1. The molecule has 0 aliphatic heterocycles. The van der Waals surface area contributed by atoms with Gasteiger partial charge in [0, 0.05) is 12.1 Å². The molecule has 1 aromatic heterocycles. The molecule has 1 heterocycles. The van der Waals surface area contributed by atoms with Crippen LogP contribution in [0.1, 0.15) is 29.8 Å². The number of hydrogen-bond donors (Lipinski definition) is 2. The monoisotopic (exact) mass is 319 g/mol. The van der Waals surface area contributed by atoms with Gasteiger partial charge in [0.15, 0.2) is 9.90 Å². The van der Waals surface area contributed by atoms with Crippen molar-refractivity contribution in [3.05, 3.63) is 11.2 Å². The molecular weight excluding hydrogens is 302 g/mol. The Morgan fingerprint density at radius 1 is 1.55 bits per heavy atom. The normalized spacial score (nSPS) is 17.9. The summed E-state index contributed by atoms with van der Waals surface area (Å²) in [4.78, 5) is 16.6. The number of carboxylic acids is 1. The highest BCUT2D eigenvalue weighted by Crippen LogP contribution is 2.35. The average molecular weight is 319 g/mol. The van der Waals surface area contributed by atoms with Crippen molar-refractivity contribution in [2.75, 3.05) is 20.6 Å². The quantitative estimate of drug-likeness (QED) is 0.797. The van der Waals surface area contributed by atoms with Crippen molar-refractivity contribution in [1.82, 2.24) is 14.6 Å². The molecule has 112 valence electrons. The van der Waals surface area contributed by atoms with E-state index in [9.17, 15) is 13.2 Å². The first-order chi connectivity index (χ1) is 9.28. The summed E-state index contributed by atoms with van der Waals surface area (Å²) >= 11 is 0.813. The van der Waals surface area contributed by atoms with Crippen LogP contribution in [0.4, 0.5) is 0 Å². The fourth-order valence-electron chi connectivity index (χ4n) is 2.23. The van der Waals surface area contributed by atoms with E-state index in [-0.39, 0.29) is 16.3 Å². The lowest BCUT2D eigenvalue weighted by Gasteiger charge is -2.47. The van der Waals surface area contributed by atoms with Gasteiger partial charge in [-0.15, -0.1) is 11.3 Å². The molecule has 7 nitrogen and oxygen atoms in total. The number of carbonyl (C=O) groups is 1. The fourth-order valence-corrected chi connectivity index (χ4v) is 4.53. The lowest BCUT2D eigenvalue weighted by atomic mass is 9.76. The Labute approximate surface area is 121 Å². The van der Waals surface area contributed by atoms with Gasteiger partial charge in [-0.3, -0.25) is 0 Å². The van der Waals surface area contributed by atoms with E-state index in [0.29, 0.717) is 0 Å². The van der Waals surface area contributed by atoms with Crippen LogP contribution in [0.25, 0.3) is 0 Å². The van der Waals surface area contributed by atoms with Crippen LogP contribution < -0.4 is 4.72 Å². The van der Waals surface area contributed by atoms with Crippen molar-refractivity contribution < 1.29 is 18.3 Å². The van der Waals surface area contributed by atoms with Crippen LogP contribution in [0.2, 0.25) is 0 Å². The van der Waals surface area contributed by atoms with Gasteiger partial charge in [-0.2, -0.15) is 0 Å². The third-order valence-corrected chi connectivity index (χ3v) is 6.58. The van der Waals surface area contributed by atoms with Gasteiger partial charge in [0.2, 0.25) is 0 Å². The maximum absolute atomic E-state index is 12.2. The van der Waals surface area contributed by atoms with Crippen molar-refractivity contribution in [3.63, 3.8) is 0 Å². The minimum absolute atomic E-state index is 0.166. The topological polar surface area (TPSA) is 99.6 Å². The summed E-state index contributed by atoms with van der Waals surface area (Å²) in [5.41, 5.74) is 0.638. The maximum Gasteiger partial charge on any atom is 0.356 e. The predicted molar refractivity (Wildman–Crippen MR) is 74.5 cm³/mol. The molecule has 0 amide bonds. The van der Waals surface area contributed by atoms with Crippen LogP contribution in [0.5, 0.6) is 0 Å². The van der Waals surface area contributed by atoms with Crippen LogP contribution in [-0.2, 0) is 10.0 Å². The Morgan fingerprint density at radius 3 is 2.65 bits per heavy atom. The Kier molecular flexibility index (Phi) is 4.14. The highest BCUT2D eigenvalue weighted by molar-refractivity contribution is 7.91. The zero-order chi connectivity index (χ0) is 15.0. The lowest BCUT2D eigenvalue weighted by Crippen LogP contribution is -2.57. The molecule has 0 aromatic carbocycles. The van der Waals surface area contributed by atoms with Crippen LogP contribution in [-0.4, -0.2) is 55.6 Å². The number of nitrogens with zero attached hydrogens (tertiary/aromatic N) is 2. The molecule has 2 rings (SSSR count). The SMILES string of the molecule is CN(C)C1(CNS(=O)(=O)c2scnc2C(=O)O)CCC1. The summed E-state index contributed by atoms with van der Waals surface area (Å²) in [5.74, 6) is -1.34. The van der Waals surface area contributed by atoms with Gasteiger partial charge in [0.25, 0.3) is 10.0 Å². The largest absolute Gasteiger partial charge is 0.476 e. The van der Waals surface area contributed by atoms with Gasteiger partial charge in [-0.05, 0) is 33.4 Å². The van der Waals surface area contributed by atoms with Crippen LogP contribution in [0, 0.1) is 0 Å². The zero-order valence-corrected chi connectivity index (χ0v) is 12.9. The lowest BCUT2D eigenvalue weighted by molar-refractivity contribution is 0.0656. The summed E-state index contributed by atoms with van der Waals surface area (Å²) in [6.45, 7) is 0.277. The van der Waals surface area contributed by atoms with Crippen molar-refractivity contribution >= 4 is 27.3 Å². The molecule has 0 spiro atoms. The van der Waals surface area contributed by atoms with Crippen molar-refractivity contribution in [3.8, 4) is 0 Å². The van der Waals surface area contributed by atoms with E-state index in [1.54, 1.807) is 0 Å². The number of aromatic carboxylic acids is 1. The molecule has 1 aliphatic rings. The van der Waals surface area contributed by atoms with Gasteiger partial charge in [-0.25, -0.2) is 22.9 Å². The van der Waals surface area contributed by atoms with Crippen LogP contribution in [0.3, 0.4) is 0 Å². The van der Waals surface area contributed by atoms with Gasteiger partial charge >= 0.3 is 5.97 Å². The molecule has 1 aromatic rings. The van der Waals surface area contributed by atoms with E-state index >= 15 is 0 Å². The molecule has 1 saturated carbocycles. The first-order valence-corrected chi connectivity index (χ1v) is 8.49. The smallest absolute Gasteiger partial charge is 0.356 e. The average Bonchev–Trinajstić information content (AvgIpc) is 2.76. The number of thiazole rings is 1. The second kappa shape index (κ2) is 5.40. The van der Waals surface area contributed by atoms with E-state index in [2.05, 4.69) is 9.71 Å². The highest BCUT2D eigenvalue weighted by atomic mass is 32.2. The summed E-state index contributed by atoms with van der Waals surface area (Å²) in [7, 11) is 0.00194. The van der Waals surface area contributed by atoms with E-state index < -0.39 is 21.7 Å². The Bertz CT molecular complexity index is 605. The molecule has 1 fully saturated rings. The number of rotatable bonds is 6. The Balaban J connectivity index is 2.16. The van der Waals surface area contributed by atoms with Crippen molar-refractivity contribution in [2.45, 2.75) is 29.0 Å². The summed E-state index contributed by atoms with van der Waals surface area (Å²) in [6, 6.07) is 0. The highest BCUT2D eigenvalue weighted by Gasteiger charge is 2.40. The number of hydrogen-bond acceptors (Lipinski definition) is 6. The second-order valence-corrected chi connectivity index (χ2v) is 7.91. The molecule has 0 atom stereocenters. The van der Waals surface area contributed by atoms with Gasteiger partial charge in [0.1, 0.15) is 0 Å². The molecular formula is C11H17N3O4S2. The molecule has 0 unspecified atom stereocenters. The maximum atomic E-state index is 12.2. The summed E-state index contributed by atoms with van der Waals surface area (Å²) in [5, 5.41) is 8.94. The predicted octanol–water partition coefficient (Wildman–Crippen LogP) is 0.604. The van der Waals surface area contributed by atoms with E-state index in [1.165, 1.54) is 5.51 Å². The Morgan fingerprint density at radius 2 is 2.20 bits per heavy atom. The molecule has 2 N–H and O–H groups in total. The molecule has 0 bridgehead atoms. The van der Waals surface area contributed by atoms with Crippen LogP contribution >= 0.6 is 11.3 Å². The first kappa shape index (κ1) is 15.4. The van der Waals surface area contributed by atoms with Crippen molar-refractivity contribution in [1.29, 1.82) is 0 Å². The van der Waals surface area contributed by atoms with E-state index in [1.807, 2.05) is 19.0 Å². The molecule has 1 aliphatic carbocycles. The summed E-state index contributed by atoms with van der Waals surface area (Å²) in [6.07, 6.45) is 2.93. The van der Waals surface area contributed by atoms with Crippen molar-refractivity contribution in [2.24, 2.45) is 0 Å². The second-order valence-electron chi connectivity index (χ2n) is 5.09. The molecule has 20 heavy (non-hydrogen) atoms. The van der Waals surface area contributed by atoms with Gasteiger partial charge in [0.05, 0.1) is 5.51 Å². The standard InChI is InChI=1S/C11H17N3O4S2/c1-14(2)11(4-3-5-11)6-13-20(17,18)10-8(9(15)16)12-7-19-10/h7,13H,3-6H2,1-2H3,(H,15,16). The molecule has 9 heteroatoms. The fraction of sp³-hybridized carbons (Fsp3) is 0.636. The number of sulfonamides is 1.